The summed E-state index contributed by atoms with van der Waals surface area (Å²) in [6.07, 6.45) is 29.8. The van der Waals surface area contributed by atoms with Crippen LogP contribution in [0, 0.1) is 11.8 Å². The Bertz CT molecular complexity index is 989. The van der Waals surface area contributed by atoms with E-state index in [4.69, 9.17) is 18.9 Å². The number of ether oxygens (including phenoxy) is 4. The van der Waals surface area contributed by atoms with Crippen molar-refractivity contribution in [3.63, 3.8) is 0 Å². The molecule has 56 heavy (non-hydrogen) atoms. The minimum atomic E-state index is -1.59. The highest BCUT2D eigenvalue weighted by atomic mass is 16.7. The molecule has 0 spiro atoms. The van der Waals surface area contributed by atoms with Crippen LogP contribution in [-0.4, -0.2) is 89.0 Å². The van der Waals surface area contributed by atoms with Gasteiger partial charge >= 0.3 is 11.9 Å². The number of esters is 2. The van der Waals surface area contributed by atoms with Gasteiger partial charge in [-0.25, -0.2) is 0 Å². The molecule has 2 aliphatic rings. The van der Waals surface area contributed by atoms with Crippen molar-refractivity contribution in [2.45, 2.75) is 237 Å². The van der Waals surface area contributed by atoms with Gasteiger partial charge in [0.1, 0.15) is 31.0 Å². The molecule has 10 heteroatoms. The number of rotatable bonds is 37. The monoisotopic (exact) mass is 797 g/mol. The van der Waals surface area contributed by atoms with Crippen LogP contribution in [0.5, 0.6) is 0 Å². The van der Waals surface area contributed by atoms with Gasteiger partial charge in [0.2, 0.25) is 0 Å². The van der Waals surface area contributed by atoms with Gasteiger partial charge in [-0.1, -0.05) is 154 Å². The molecule has 0 aromatic carbocycles. The normalized spacial score (nSPS) is 24.1. The SMILES string of the molecule is CCCCCCCC/C=C\CCCCCCCC(=O)O[C@H](COC(=O)CCCCCCC[C@@H]1C[C@@H]1CCCCCCCC)CO[C@H]1O[C@H](CO)[C@@H](O)[C@H](O)[C@H]1O. The number of hydrogen-bond acceptors (Lipinski definition) is 10. The van der Waals surface area contributed by atoms with Crippen molar-refractivity contribution in [3.05, 3.63) is 12.2 Å². The molecule has 0 aromatic rings. The first-order valence-corrected chi connectivity index (χ1v) is 23.2. The van der Waals surface area contributed by atoms with E-state index >= 15 is 0 Å². The van der Waals surface area contributed by atoms with E-state index in [1.165, 1.54) is 116 Å². The van der Waals surface area contributed by atoms with Gasteiger partial charge in [0, 0.05) is 12.8 Å². The maximum Gasteiger partial charge on any atom is 0.306 e. The van der Waals surface area contributed by atoms with Crippen molar-refractivity contribution in [2.24, 2.45) is 11.8 Å². The van der Waals surface area contributed by atoms with E-state index in [1.807, 2.05) is 0 Å². The highest BCUT2D eigenvalue weighted by Gasteiger charge is 2.44. The second-order valence-electron chi connectivity index (χ2n) is 16.8. The zero-order valence-electron chi connectivity index (χ0n) is 35.6. The third kappa shape index (κ3) is 24.4. The molecule has 2 rings (SSSR count). The van der Waals surface area contributed by atoms with Gasteiger partial charge in [-0.05, 0) is 56.8 Å². The van der Waals surface area contributed by atoms with E-state index in [2.05, 4.69) is 26.0 Å². The Morgan fingerprint density at radius 3 is 1.62 bits per heavy atom. The Hall–Kier alpha value is -1.56. The topological polar surface area (TPSA) is 152 Å². The Morgan fingerprint density at radius 2 is 1.09 bits per heavy atom. The van der Waals surface area contributed by atoms with E-state index in [-0.39, 0.29) is 32.0 Å². The van der Waals surface area contributed by atoms with Crippen molar-refractivity contribution >= 4 is 11.9 Å². The molecule has 0 unspecified atom stereocenters. The molecule has 1 aliphatic heterocycles. The average molecular weight is 797 g/mol. The van der Waals surface area contributed by atoms with Crippen LogP contribution in [0.1, 0.15) is 200 Å². The van der Waals surface area contributed by atoms with E-state index in [1.54, 1.807) is 0 Å². The average Bonchev–Trinajstić information content (AvgIpc) is 3.95. The Morgan fingerprint density at radius 1 is 0.607 bits per heavy atom. The van der Waals surface area contributed by atoms with Crippen molar-refractivity contribution < 1.29 is 49.0 Å². The molecule has 0 amide bonds. The first-order chi connectivity index (χ1) is 27.3. The molecule has 1 saturated carbocycles. The zero-order chi connectivity index (χ0) is 40.6. The molecular weight excluding hydrogens is 712 g/mol. The number of hydrogen-bond donors (Lipinski definition) is 4. The number of unbranched alkanes of at least 4 members (excludes halogenated alkanes) is 20. The van der Waals surface area contributed by atoms with Gasteiger partial charge in [0.25, 0.3) is 0 Å². The molecule has 1 saturated heterocycles. The summed E-state index contributed by atoms with van der Waals surface area (Å²) < 4.78 is 22.2. The van der Waals surface area contributed by atoms with Gasteiger partial charge in [-0.2, -0.15) is 0 Å². The van der Waals surface area contributed by atoms with E-state index in [0.717, 1.165) is 63.2 Å². The maximum absolute atomic E-state index is 12.8. The summed E-state index contributed by atoms with van der Waals surface area (Å²) in [6, 6.07) is 0. The molecular formula is C46H84O10. The molecule has 0 radical (unpaired) electrons. The van der Waals surface area contributed by atoms with Crippen LogP contribution in [-0.2, 0) is 28.5 Å². The fraction of sp³-hybridized carbons (Fsp3) is 0.913. The van der Waals surface area contributed by atoms with Gasteiger partial charge in [-0.15, -0.1) is 0 Å². The van der Waals surface area contributed by atoms with Crippen molar-refractivity contribution in [1.82, 2.24) is 0 Å². The molecule has 2 fully saturated rings. The van der Waals surface area contributed by atoms with Crippen molar-refractivity contribution in [2.75, 3.05) is 19.8 Å². The number of aliphatic hydroxyl groups is 4. The standard InChI is InChI=1S/C46H84O10/c1-3-5-7-9-11-12-13-14-15-16-17-18-19-23-28-32-42(49)55-39(36-54-46-45(52)44(51)43(50)40(34-47)56-46)35-53-41(48)31-27-24-20-22-26-30-38-33-37(38)29-25-21-10-8-6-4-2/h14-15,37-40,43-47,50-52H,3-13,16-36H2,1-2H3/b15-14-/t37-,38+,39+,40+,43+,44-,45+,46-/m0/s1. The van der Waals surface area contributed by atoms with Crippen LogP contribution < -0.4 is 0 Å². The number of allylic oxidation sites excluding steroid dienone is 2. The lowest BCUT2D eigenvalue weighted by molar-refractivity contribution is -0.305. The fourth-order valence-electron chi connectivity index (χ4n) is 7.78. The summed E-state index contributed by atoms with van der Waals surface area (Å²) in [5.41, 5.74) is 0. The fourth-order valence-corrected chi connectivity index (χ4v) is 7.78. The number of carbonyl (C=O) groups excluding carboxylic acids is 2. The smallest absolute Gasteiger partial charge is 0.306 e. The Kier molecular flexibility index (Phi) is 30.1. The first kappa shape index (κ1) is 50.6. The predicted molar refractivity (Wildman–Crippen MR) is 222 cm³/mol. The van der Waals surface area contributed by atoms with Crippen LogP contribution >= 0.6 is 0 Å². The van der Waals surface area contributed by atoms with Crippen LogP contribution in [0.4, 0.5) is 0 Å². The van der Waals surface area contributed by atoms with Crippen LogP contribution in [0.15, 0.2) is 12.2 Å². The lowest BCUT2D eigenvalue weighted by Gasteiger charge is -2.39. The molecule has 328 valence electrons. The molecule has 10 nitrogen and oxygen atoms in total. The minimum Gasteiger partial charge on any atom is -0.462 e. The van der Waals surface area contributed by atoms with Gasteiger partial charge in [0.15, 0.2) is 12.4 Å². The lowest BCUT2D eigenvalue weighted by atomic mass is 9.99. The third-order valence-corrected chi connectivity index (χ3v) is 11.6. The highest BCUT2D eigenvalue weighted by Crippen LogP contribution is 2.45. The summed E-state index contributed by atoms with van der Waals surface area (Å²) in [5.74, 6) is 1.11. The Balaban J connectivity index is 1.62. The van der Waals surface area contributed by atoms with E-state index < -0.39 is 49.4 Å². The predicted octanol–water partition coefficient (Wildman–Crippen LogP) is 9.41. The van der Waals surface area contributed by atoms with Crippen LogP contribution in [0.25, 0.3) is 0 Å². The summed E-state index contributed by atoms with van der Waals surface area (Å²) in [4.78, 5) is 25.4. The van der Waals surface area contributed by atoms with Gasteiger partial charge in [-0.3, -0.25) is 9.59 Å². The van der Waals surface area contributed by atoms with Gasteiger partial charge < -0.3 is 39.4 Å². The Labute approximate surface area is 340 Å². The highest BCUT2D eigenvalue weighted by molar-refractivity contribution is 5.70. The number of aliphatic hydroxyl groups excluding tert-OH is 4. The minimum absolute atomic E-state index is 0.213. The van der Waals surface area contributed by atoms with Gasteiger partial charge in [0.05, 0.1) is 13.2 Å². The van der Waals surface area contributed by atoms with E-state index in [0.29, 0.717) is 6.42 Å². The molecule has 8 atom stereocenters. The summed E-state index contributed by atoms with van der Waals surface area (Å²) >= 11 is 0. The second kappa shape index (κ2) is 33.3. The lowest BCUT2D eigenvalue weighted by Crippen LogP contribution is -2.59. The molecule has 4 N–H and O–H groups in total. The van der Waals surface area contributed by atoms with Crippen molar-refractivity contribution in [3.8, 4) is 0 Å². The summed E-state index contributed by atoms with van der Waals surface area (Å²) in [7, 11) is 0. The molecule has 0 bridgehead atoms. The quantitative estimate of drug-likeness (QED) is 0.0272. The molecule has 1 heterocycles. The van der Waals surface area contributed by atoms with Crippen LogP contribution in [0.3, 0.4) is 0 Å². The third-order valence-electron chi connectivity index (χ3n) is 11.6. The van der Waals surface area contributed by atoms with Crippen molar-refractivity contribution in [1.29, 1.82) is 0 Å². The number of carbonyl (C=O) groups is 2. The summed E-state index contributed by atoms with van der Waals surface area (Å²) in [6.45, 7) is 3.44. The maximum atomic E-state index is 12.8. The molecule has 1 aliphatic carbocycles. The molecule has 0 aromatic heterocycles. The second-order valence-corrected chi connectivity index (χ2v) is 16.8. The summed E-state index contributed by atoms with van der Waals surface area (Å²) in [5, 5.41) is 40.1. The zero-order valence-corrected chi connectivity index (χ0v) is 35.6. The first-order valence-electron chi connectivity index (χ1n) is 23.2. The van der Waals surface area contributed by atoms with E-state index in [9.17, 15) is 30.0 Å². The largest absolute Gasteiger partial charge is 0.462 e. The van der Waals surface area contributed by atoms with Crippen LogP contribution in [0.2, 0.25) is 0 Å².